The minimum Gasteiger partial charge on any atom is -0.377 e. The first kappa shape index (κ1) is 15.7. The number of ether oxygens (including phenoxy) is 1. The number of rotatable bonds is 4. The Kier molecular flexibility index (Phi) is 3.93. The summed E-state index contributed by atoms with van der Waals surface area (Å²) in [6.45, 7) is 7.34. The van der Waals surface area contributed by atoms with Crippen LogP contribution in [0.2, 0.25) is 0 Å². The van der Waals surface area contributed by atoms with Gasteiger partial charge in [0.05, 0.1) is 48.0 Å². The topological polar surface area (TPSA) is 76.7 Å². The number of aromatic nitrogens is 4. The molecule has 0 aromatic carbocycles. The van der Waals surface area contributed by atoms with Crippen LogP contribution in [0, 0.1) is 6.92 Å². The predicted octanol–water partition coefficient (Wildman–Crippen LogP) is 3.02. The second-order valence-electron chi connectivity index (χ2n) is 6.38. The van der Waals surface area contributed by atoms with Gasteiger partial charge in [0, 0.05) is 17.5 Å². The van der Waals surface area contributed by atoms with E-state index in [4.69, 9.17) is 9.72 Å². The van der Waals surface area contributed by atoms with Crippen molar-refractivity contribution < 1.29 is 4.74 Å². The minimum atomic E-state index is 0.298. The lowest BCUT2D eigenvalue weighted by atomic mass is 10.1. The van der Waals surface area contributed by atoms with Gasteiger partial charge >= 0.3 is 0 Å². The summed E-state index contributed by atoms with van der Waals surface area (Å²) < 4.78 is 6.98. The van der Waals surface area contributed by atoms with E-state index in [1.54, 1.807) is 0 Å². The molecule has 0 aliphatic carbocycles. The Labute approximate surface area is 145 Å². The highest BCUT2D eigenvalue weighted by Gasteiger charge is 2.19. The van der Waals surface area contributed by atoms with E-state index in [2.05, 4.69) is 20.4 Å². The Morgan fingerprint density at radius 2 is 2.12 bits per heavy atom. The highest BCUT2D eigenvalue weighted by Crippen LogP contribution is 2.27. The van der Waals surface area contributed by atoms with E-state index in [9.17, 15) is 0 Å². The maximum atomic E-state index is 5.16. The number of nitrogens with zero attached hydrogens (tertiary/aromatic N) is 5. The van der Waals surface area contributed by atoms with Gasteiger partial charge in [0.15, 0.2) is 0 Å². The van der Waals surface area contributed by atoms with Crippen LogP contribution in [-0.4, -0.2) is 44.5 Å². The third kappa shape index (κ3) is 3.10. The van der Waals surface area contributed by atoms with Gasteiger partial charge in [-0.05, 0) is 39.0 Å². The molecule has 0 amide bonds. The number of pyridine rings is 1. The standard InChI is InChI=1S/C18H20N6O/c1-11(2)20-15-4-5-16(21-12(15)3)14-6-7-24-17(14)8-19-18(23-24)22-13-9-25-10-13/h4-8,13H,9-10H2,1-3H3,(H,22,23). The fourth-order valence-electron chi connectivity index (χ4n) is 2.75. The van der Waals surface area contributed by atoms with Crippen molar-refractivity contribution in [2.45, 2.75) is 26.8 Å². The van der Waals surface area contributed by atoms with Gasteiger partial charge < -0.3 is 10.1 Å². The number of aryl methyl sites for hydroxylation is 1. The summed E-state index contributed by atoms with van der Waals surface area (Å²) in [5.41, 5.74) is 5.64. The first-order chi connectivity index (χ1) is 12.1. The summed E-state index contributed by atoms with van der Waals surface area (Å²) in [4.78, 5) is 13.6. The molecule has 0 atom stereocenters. The number of nitrogens with one attached hydrogen (secondary N) is 1. The molecule has 0 spiro atoms. The predicted molar refractivity (Wildman–Crippen MR) is 97.6 cm³/mol. The molecule has 1 fully saturated rings. The van der Waals surface area contributed by atoms with Crippen LogP contribution in [0.1, 0.15) is 19.5 Å². The molecule has 7 heteroatoms. The highest BCUT2D eigenvalue weighted by atomic mass is 16.5. The normalized spacial score (nSPS) is 14.4. The molecule has 128 valence electrons. The maximum absolute atomic E-state index is 5.16. The molecule has 1 saturated heterocycles. The van der Waals surface area contributed by atoms with Crippen LogP contribution in [0.3, 0.4) is 0 Å². The fraction of sp³-hybridized carbons (Fsp3) is 0.333. The molecule has 0 unspecified atom stereocenters. The lowest BCUT2D eigenvalue weighted by molar-refractivity contribution is 0.0207. The average Bonchev–Trinajstić information content (AvgIpc) is 2.96. The summed E-state index contributed by atoms with van der Waals surface area (Å²) in [6.07, 6.45) is 3.75. The van der Waals surface area contributed by atoms with Crippen LogP contribution in [0.4, 0.5) is 11.6 Å². The van der Waals surface area contributed by atoms with Gasteiger partial charge in [-0.25, -0.2) is 9.50 Å². The zero-order valence-electron chi connectivity index (χ0n) is 14.5. The SMILES string of the molecule is CC(C)=Nc1ccc(-c2ccn3nc(NC4COC4)ncc23)nc1C. The molecule has 4 heterocycles. The Morgan fingerprint density at radius 1 is 1.28 bits per heavy atom. The lowest BCUT2D eigenvalue weighted by Crippen LogP contribution is -2.40. The van der Waals surface area contributed by atoms with Crippen molar-refractivity contribution in [1.82, 2.24) is 19.6 Å². The van der Waals surface area contributed by atoms with E-state index in [-0.39, 0.29) is 0 Å². The number of hydrogen-bond acceptors (Lipinski definition) is 6. The van der Waals surface area contributed by atoms with E-state index in [1.807, 2.05) is 55.9 Å². The Morgan fingerprint density at radius 3 is 2.80 bits per heavy atom. The number of fused-ring (bicyclic) bond motifs is 1. The molecule has 0 bridgehead atoms. The molecule has 25 heavy (non-hydrogen) atoms. The molecule has 3 aromatic heterocycles. The zero-order chi connectivity index (χ0) is 17.4. The van der Waals surface area contributed by atoms with Crippen molar-refractivity contribution in [3.05, 3.63) is 36.3 Å². The highest BCUT2D eigenvalue weighted by molar-refractivity contribution is 5.83. The van der Waals surface area contributed by atoms with Crippen LogP contribution in [0.5, 0.6) is 0 Å². The zero-order valence-corrected chi connectivity index (χ0v) is 14.5. The minimum absolute atomic E-state index is 0.298. The molecular formula is C18H20N6O. The van der Waals surface area contributed by atoms with Gasteiger partial charge in [-0.3, -0.25) is 9.98 Å². The van der Waals surface area contributed by atoms with Gasteiger partial charge in [-0.15, -0.1) is 5.10 Å². The quantitative estimate of drug-likeness (QED) is 0.741. The van der Waals surface area contributed by atoms with E-state index in [0.29, 0.717) is 25.2 Å². The number of aliphatic imine (C=N–C) groups is 1. The van der Waals surface area contributed by atoms with Crippen molar-refractivity contribution in [3.63, 3.8) is 0 Å². The van der Waals surface area contributed by atoms with Crippen molar-refractivity contribution in [3.8, 4) is 11.3 Å². The van der Waals surface area contributed by atoms with Crippen LogP contribution in [0.15, 0.2) is 35.6 Å². The van der Waals surface area contributed by atoms with Gasteiger partial charge in [-0.1, -0.05) is 0 Å². The first-order valence-corrected chi connectivity index (χ1v) is 8.29. The number of hydrogen-bond donors (Lipinski definition) is 1. The molecule has 3 aromatic rings. The van der Waals surface area contributed by atoms with Crippen molar-refractivity contribution in [1.29, 1.82) is 0 Å². The van der Waals surface area contributed by atoms with Gasteiger partial charge in [0.2, 0.25) is 5.95 Å². The van der Waals surface area contributed by atoms with Gasteiger partial charge in [0.25, 0.3) is 0 Å². The van der Waals surface area contributed by atoms with Gasteiger partial charge in [0.1, 0.15) is 0 Å². The second-order valence-corrected chi connectivity index (χ2v) is 6.38. The molecule has 1 aliphatic heterocycles. The fourth-order valence-corrected chi connectivity index (χ4v) is 2.75. The van der Waals surface area contributed by atoms with E-state index >= 15 is 0 Å². The average molecular weight is 336 g/mol. The lowest BCUT2D eigenvalue weighted by Gasteiger charge is -2.26. The van der Waals surface area contributed by atoms with Crippen molar-refractivity contribution in [2.75, 3.05) is 18.5 Å². The summed E-state index contributed by atoms with van der Waals surface area (Å²) in [5, 5.41) is 7.77. The summed E-state index contributed by atoms with van der Waals surface area (Å²) in [7, 11) is 0. The smallest absolute Gasteiger partial charge is 0.241 e. The van der Waals surface area contributed by atoms with Crippen molar-refractivity contribution >= 4 is 22.9 Å². The second kappa shape index (κ2) is 6.25. The maximum Gasteiger partial charge on any atom is 0.241 e. The van der Waals surface area contributed by atoms with E-state index in [1.165, 1.54) is 0 Å². The molecular weight excluding hydrogens is 316 g/mol. The van der Waals surface area contributed by atoms with Gasteiger partial charge in [-0.2, -0.15) is 0 Å². The van der Waals surface area contributed by atoms with E-state index in [0.717, 1.165) is 33.9 Å². The largest absolute Gasteiger partial charge is 0.377 e. The molecule has 0 radical (unpaired) electrons. The van der Waals surface area contributed by atoms with Crippen LogP contribution >= 0.6 is 0 Å². The Hall–Kier alpha value is -2.80. The van der Waals surface area contributed by atoms with Crippen LogP contribution < -0.4 is 5.32 Å². The monoisotopic (exact) mass is 336 g/mol. The summed E-state index contributed by atoms with van der Waals surface area (Å²) in [6, 6.07) is 6.30. The van der Waals surface area contributed by atoms with Crippen LogP contribution in [-0.2, 0) is 4.74 Å². The molecule has 4 rings (SSSR count). The molecule has 0 saturated carbocycles. The Balaban J connectivity index is 1.67. The first-order valence-electron chi connectivity index (χ1n) is 8.29. The molecule has 1 aliphatic rings. The van der Waals surface area contributed by atoms with E-state index < -0.39 is 0 Å². The summed E-state index contributed by atoms with van der Waals surface area (Å²) in [5.74, 6) is 0.607. The third-order valence-electron chi connectivity index (χ3n) is 4.07. The third-order valence-corrected chi connectivity index (χ3v) is 4.07. The summed E-state index contributed by atoms with van der Waals surface area (Å²) >= 11 is 0. The molecule has 7 nitrogen and oxygen atoms in total. The van der Waals surface area contributed by atoms with Crippen molar-refractivity contribution in [2.24, 2.45) is 4.99 Å². The Bertz CT molecular complexity index is 953. The van der Waals surface area contributed by atoms with Crippen LogP contribution in [0.25, 0.3) is 16.8 Å². The number of anilines is 1. The molecule has 1 N–H and O–H groups in total.